The second-order valence-corrected chi connectivity index (χ2v) is 5.41. The van der Waals surface area contributed by atoms with E-state index in [1.807, 2.05) is 55.5 Å². The second-order valence-electron chi connectivity index (χ2n) is 5.41. The van der Waals surface area contributed by atoms with E-state index in [0.717, 1.165) is 22.6 Å². The van der Waals surface area contributed by atoms with Gasteiger partial charge in [0.05, 0.1) is 6.26 Å². The monoisotopic (exact) mass is 322 g/mol. The number of pyridine rings is 1. The molecule has 122 valence electrons. The normalized spacial score (nSPS) is 10.4. The number of furan rings is 1. The zero-order valence-electron chi connectivity index (χ0n) is 13.4. The lowest BCUT2D eigenvalue weighted by atomic mass is 10.2. The van der Waals surface area contributed by atoms with Crippen LogP contribution in [0.3, 0.4) is 0 Å². The number of nitrogens with zero attached hydrogens (tertiary/aromatic N) is 1. The molecule has 1 amide bonds. The summed E-state index contributed by atoms with van der Waals surface area (Å²) in [7, 11) is 0. The van der Waals surface area contributed by atoms with Crippen LogP contribution in [0.1, 0.15) is 11.1 Å². The number of amides is 1. The molecule has 0 spiro atoms. The zero-order chi connectivity index (χ0) is 16.8. The van der Waals surface area contributed by atoms with E-state index in [1.165, 1.54) is 0 Å². The molecule has 0 saturated carbocycles. The Morgan fingerprint density at radius 3 is 2.67 bits per heavy atom. The molecule has 0 aliphatic rings. The van der Waals surface area contributed by atoms with Crippen LogP contribution in [0.5, 0.6) is 5.75 Å². The summed E-state index contributed by atoms with van der Waals surface area (Å²) in [5.41, 5.74) is 2.82. The summed E-state index contributed by atoms with van der Waals surface area (Å²) in [6.45, 7) is 2.39. The first kappa shape index (κ1) is 15.8. The van der Waals surface area contributed by atoms with Crippen LogP contribution >= 0.6 is 0 Å². The Morgan fingerprint density at radius 1 is 1.17 bits per heavy atom. The summed E-state index contributed by atoms with van der Waals surface area (Å²) in [5, 5.41) is 2.81. The highest BCUT2D eigenvalue weighted by atomic mass is 16.5. The molecule has 2 heterocycles. The largest absolute Gasteiger partial charge is 0.484 e. The minimum atomic E-state index is -0.175. The lowest BCUT2D eigenvalue weighted by molar-refractivity contribution is -0.123. The van der Waals surface area contributed by atoms with Crippen LogP contribution in [0.25, 0.3) is 11.5 Å². The summed E-state index contributed by atoms with van der Waals surface area (Å²) >= 11 is 0. The predicted molar refractivity (Wildman–Crippen MR) is 90.5 cm³/mol. The SMILES string of the molecule is Cc1ccc(OCC(=O)NCc2ccc(-c3ccco3)nc2)cc1. The minimum absolute atomic E-state index is 0.0129. The van der Waals surface area contributed by atoms with Crippen molar-refractivity contribution in [3.63, 3.8) is 0 Å². The summed E-state index contributed by atoms with van der Waals surface area (Å²) in [6, 6.07) is 15.0. The molecule has 3 aromatic rings. The molecule has 0 unspecified atom stereocenters. The molecule has 0 radical (unpaired) electrons. The molecule has 0 saturated heterocycles. The van der Waals surface area contributed by atoms with E-state index in [9.17, 15) is 4.79 Å². The molecule has 1 N–H and O–H groups in total. The number of carbonyl (C=O) groups excluding carboxylic acids is 1. The fourth-order valence-electron chi connectivity index (χ4n) is 2.13. The molecular formula is C19H18N2O3. The average molecular weight is 322 g/mol. The Labute approximate surface area is 140 Å². The number of hydrogen-bond acceptors (Lipinski definition) is 4. The molecule has 0 aliphatic carbocycles. The molecule has 2 aromatic heterocycles. The first-order chi connectivity index (χ1) is 11.7. The smallest absolute Gasteiger partial charge is 0.258 e. The predicted octanol–water partition coefficient (Wildman–Crippen LogP) is 3.35. The van der Waals surface area contributed by atoms with E-state index in [1.54, 1.807) is 12.5 Å². The Morgan fingerprint density at radius 2 is 2.00 bits per heavy atom. The first-order valence-electron chi connectivity index (χ1n) is 7.66. The van der Waals surface area contributed by atoms with Crippen molar-refractivity contribution in [3.05, 3.63) is 72.1 Å². The quantitative estimate of drug-likeness (QED) is 0.756. The highest BCUT2D eigenvalue weighted by molar-refractivity contribution is 5.77. The van der Waals surface area contributed by atoms with Crippen molar-refractivity contribution in [1.29, 1.82) is 0 Å². The van der Waals surface area contributed by atoms with E-state index in [4.69, 9.17) is 9.15 Å². The Bertz CT molecular complexity index is 778. The van der Waals surface area contributed by atoms with E-state index in [0.29, 0.717) is 12.3 Å². The lowest BCUT2D eigenvalue weighted by Crippen LogP contribution is -2.28. The molecular weight excluding hydrogens is 304 g/mol. The van der Waals surface area contributed by atoms with Crippen LogP contribution < -0.4 is 10.1 Å². The van der Waals surface area contributed by atoms with Gasteiger partial charge in [0.15, 0.2) is 12.4 Å². The molecule has 5 nitrogen and oxygen atoms in total. The number of benzene rings is 1. The number of nitrogens with one attached hydrogen (secondary N) is 1. The van der Waals surface area contributed by atoms with Gasteiger partial charge >= 0.3 is 0 Å². The fraction of sp³-hybridized carbons (Fsp3) is 0.158. The Hall–Kier alpha value is -3.08. The summed E-state index contributed by atoms with van der Waals surface area (Å²) < 4.78 is 10.7. The number of aryl methyl sites for hydroxylation is 1. The zero-order valence-corrected chi connectivity index (χ0v) is 13.4. The summed E-state index contributed by atoms with van der Waals surface area (Å²) in [5.74, 6) is 1.22. The van der Waals surface area contributed by atoms with Crippen molar-refractivity contribution in [1.82, 2.24) is 10.3 Å². The number of hydrogen-bond donors (Lipinski definition) is 1. The van der Waals surface area contributed by atoms with Gasteiger partial charge in [-0.05, 0) is 42.8 Å². The van der Waals surface area contributed by atoms with Crippen LogP contribution in [0, 0.1) is 6.92 Å². The first-order valence-corrected chi connectivity index (χ1v) is 7.66. The third kappa shape index (κ3) is 4.23. The lowest BCUT2D eigenvalue weighted by Gasteiger charge is -2.08. The Balaban J connectivity index is 1.46. The van der Waals surface area contributed by atoms with Crippen LogP contribution in [-0.4, -0.2) is 17.5 Å². The highest BCUT2D eigenvalue weighted by Crippen LogP contribution is 2.17. The van der Waals surface area contributed by atoms with E-state index < -0.39 is 0 Å². The standard InChI is InChI=1S/C19H18N2O3/c1-14-4-7-16(8-5-14)24-13-19(22)21-12-15-6-9-17(20-11-15)18-3-2-10-23-18/h2-11H,12-13H2,1H3,(H,21,22). The van der Waals surface area contributed by atoms with Gasteiger partial charge in [0.2, 0.25) is 0 Å². The topological polar surface area (TPSA) is 64.4 Å². The van der Waals surface area contributed by atoms with Crippen LogP contribution in [0.15, 0.2) is 65.4 Å². The molecule has 0 aliphatic heterocycles. The average Bonchev–Trinajstić information content (AvgIpc) is 3.14. The molecule has 24 heavy (non-hydrogen) atoms. The van der Waals surface area contributed by atoms with Crippen LogP contribution in [0.2, 0.25) is 0 Å². The van der Waals surface area contributed by atoms with Crippen molar-refractivity contribution >= 4 is 5.91 Å². The third-order valence-corrected chi connectivity index (χ3v) is 3.48. The van der Waals surface area contributed by atoms with Gasteiger partial charge in [-0.25, -0.2) is 0 Å². The molecule has 5 heteroatoms. The number of carbonyl (C=O) groups is 1. The maximum atomic E-state index is 11.8. The second kappa shape index (κ2) is 7.46. The third-order valence-electron chi connectivity index (χ3n) is 3.48. The van der Waals surface area contributed by atoms with Gasteiger partial charge in [-0.2, -0.15) is 0 Å². The van der Waals surface area contributed by atoms with Gasteiger partial charge < -0.3 is 14.5 Å². The molecule has 0 atom stereocenters. The maximum Gasteiger partial charge on any atom is 0.258 e. The maximum absolute atomic E-state index is 11.8. The van der Waals surface area contributed by atoms with Gasteiger partial charge in [-0.15, -0.1) is 0 Å². The minimum Gasteiger partial charge on any atom is -0.484 e. The van der Waals surface area contributed by atoms with Gasteiger partial charge in [0.1, 0.15) is 11.4 Å². The van der Waals surface area contributed by atoms with Crippen molar-refractivity contribution in [3.8, 4) is 17.2 Å². The van der Waals surface area contributed by atoms with E-state index in [-0.39, 0.29) is 12.5 Å². The van der Waals surface area contributed by atoms with Gasteiger partial charge in [-0.1, -0.05) is 23.8 Å². The van der Waals surface area contributed by atoms with Gasteiger partial charge in [0, 0.05) is 12.7 Å². The molecule has 1 aromatic carbocycles. The van der Waals surface area contributed by atoms with Gasteiger partial charge in [0.25, 0.3) is 5.91 Å². The van der Waals surface area contributed by atoms with Crippen LogP contribution in [0.4, 0.5) is 0 Å². The van der Waals surface area contributed by atoms with Crippen molar-refractivity contribution in [2.75, 3.05) is 6.61 Å². The van der Waals surface area contributed by atoms with Crippen molar-refractivity contribution in [2.45, 2.75) is 13.5 Å². The van der Waals surface area contributed by atoms with Crippen molar-refractivity contribution in [2.24, 2.45) is 0 Å². The van der Waals surface area contributed by atoms with E-state index in [2.05, 4.69) is 10.3 Å². The fourth-order valence-corrected chi connectivity index (χ4v) is 2.13. The van der Waals surface area contributed by atoms with Gasteiger partial charge in [-0.3, -0.25) is 9.78 Å². The molecule has 3 rings (SSSR count). The van der Waals surface area contributed by atoms with Crippen molar-refractivity contribution < 1.29 is 13.9 Å². The van der Waals surface area contributed by atoms with Crippen LogP contribution in [-0.2, 0) is 11.3 Å². The molecule has 0 bridgehead atoms. The number of ether oxygens (including phenoxy) is 1. The van der Waals surface area contributed by atoms with E-state index >= 15 is 0 Å². The summed E-state index contributed by atoms with van der Waals surface area (Å²) in [4.78, 5) is 16.2. The number of rotatable bonds is 6. The number of aromatic nitrogens is 1. The highest BCUT2D eigenvalue weighted by Gasteiger charge is 2.05. The summed E-state index contributed by atoms with van der Waals surface area (Å²) in [6.07, 6.45) is 3.33. The molecule has 0 fully saturated rings. The Kier molecular flexibility index (Phi) is 4.91.